The van der Waals surface area contributed by atoms with Gasteiger partial charge in [-0.3, -0.25) is 14.4 Å². The highest BCUT2D eigenvalue weighted by Gasteiger charge is 2.23. The van der Waals surface area contributed by atoms with Crippen LogP contribution in [0.25, 0.3) is 0 Å². The molecule has 1 aromatic rings. The van der Waals surface area contributed by atoms with E-state index in [2.05, 4.69) is 29.2 Å². The van der Waals surface area contributed by atoms with Crippen LogP contribution >= 0.6 is 0 Å². The average molecular weight is 292 g/mol. The van der Waals surface area contributed by atoms with Gasteiger partial charge in [0.1, 0.15) is 0 Å². The summed E-state index contributed by atoms with van der Waals surface area (Å²) in [6.45, 7) is 9.30. The lowest BCUT2D eigenvalue weighted by atomic mass is 10.1. The lowest BCUT2D eigenvalue weighted by molar-refractivity contribution is -0.121. The minimum Gasteiger partial charge on any atom is -0.355 e. The van der Waals surface area contributed by atoms with Crippen LogP contribution in [0.1, 0.15) is 43.1 Å². The Morgan fingerprint density at radius 2 is 2.19 bits per heavy atom. The molecule has 1 aliphatic rings. The molecule has 1 amide bonds. The van der Waals surface area contributed by atoms with Gasteiger partial charge in [-0.25, -0.2) is 0 Å². The summed E-state index contributed by atoms with van der Waals surface area (Å²) in [5.74, 6) is 0.153. The zero-order chi connectivity index (χ0) is 15.4. The molecule has 5 heteroatoms. The molecular formula is C16H28N4O. The van der Waals surface area contributed by atoms with Gasteiger partial charge in [0.2, 0.25) is 5.91 Å². The molecule has 0 aromatic carbocycles. The zero-order valence-electron chi connectivity index (χ0n) is 13.8. The van der Waals surface area contributed by atoms with Crippen molar-refractivity contribution in [2.45, 2.75) is 52.5 Å². The Labute approximate surface area is 127 Å². The van der Waals surface area contributed by atoms with Crippen LogP contribution < -0.4 is 5.32 Å². The predicted octanol–water partition coefficient (Wildman–Crippen LogP) is 1.57. The first-order valence-electron chi connectivity index (χ1n) is 8.02. The molecular weight excluding hydrogens is 264 g/mol. The van der Waals surface area contributed by atoms with Gasteiger partial charge < -0.3 is 5.32 Å². The summed E-state index contributed by atoms with van der Waals surface area (Å²) in [4.78, 5) is 14.5. The second kappa shape index (κ2) is 7.07. The van der Waals surface area contributed by atoms with Gasteiger partial charge >= 0.3 is 0 Å². The number of likely N-dealkylation sites (N-methyl/N-ethyl adjacent to an activating group) is 1. The highest BCUT2D eigenvalue weighted by atomic mass is 16.1. The Kier molecular flexibility index (Phi) is 5.39. The van der Waals surface area contributed by atoms with Gasteiger partial charge in [0.15, 0.2) is 0 Å². The van der Waals surface area contributed by atoms with Crippen molar-refractivity contribution < 1.29 is 4.79 Å². The first-order chi connectivity index (χ1) is 10.0. The average Bonchev–Trinajstić information content (AvgIpc) is 3.00. The minimum absolute atomic E-state index is 0.153. The number of nitrogens with one attached hydrogen (secondary N) is 1. The Hall–Kier alpha value is -1.36. The highest BCUT2D eigenvalue weighted by Crippen LogP contribution is 2.16. The molecule has 1 aliphatic heterocycles. The number of hydrogen-bond donors (Lipinski definition) is 1. The van der Waals surface area contributed by atoms with E-state index in [0.717, 1.165) is 30.9 Å². The molecule has 1 saturated heterocycles. The van der Waals surface area contributed by atoms with Crippen molar-refractivity contribution in [1.29, 1.82) is 0 Å². The summed E-state index contributed by atoms with van der Waals surface area (Å²) in [6, 6.07) is 0.529. The molecule has 118 valence electrons. The van der Waals surface area contributed by atoms with Crippen LogP contribution in [0.15, 0.2) is 0 Å². The quantitative estimate of drug-likeness (QED) is 0.866. The molecule has 5 nitrogen and oxygen atoms in total. The molecule has 2 rings (SSSR count). The number of carbonyl (C=O) groups is 1. The van der Waals surface area contributed by atoms with Gasteiger partial charge in [-0.15, -0.1) is 0 Å². The normalized spacial score (nSPS) is 19.1. The van der Waals surface area contributed by atoms with Crippen LogP contribution in [0.4, 0.5) is 0 Å². The lowest BCUT2D eigenvalue weighted by Gasteiger charge is -2.22. The molecule has 1 N–H and O–H groups in total. The summed E-state index contributed by atoms with van der Waals surface area (Å²) in [6.07, 6.45) is 3.78. The van der Waals surface area contributed by atoms with Gasteiger partial charge in [0.05, 0.1) is 5.69 Å². The van der Waals surface area contributed by atoms with E-state index >= 15 is 0 Å². The molecule has 0 bridgehead atoms. The van der Waals surface area contributed by atoms with Crippen molar-refractivity contribution in [2.24, 2.45) is 7.05 Å². The fourth-order valence-corrected chi connectivity index (χ4v) is 3.28. The molecule has 2 heterocycles. The van der Waals surface area contributed by atoms with Crippen molar-refractivity contribution in [3.05, 3.63) is 17.0 Å². The number of aryl methyl sites for hydroxylation is 2. The third-order valence-electron chi connectivity index (χ3n) is 4.70. The van der Waals surface area contributed by atoms with Crippen LogP contribution in [-0.4, -0.2) is 46.3 Å². The third-order valence-corrected chi connectivity index (χ3v) is 4.70. The molecule has 0 radical (unpaired) electrons. The number of amides is 1. The smallest absolute Gasteiger partial charge is 0.220 e. The van der Waals surface area contributed by atoms with Crippen LogP contribution in [0.5, 0.6) is 0 Å². The topological polar surface area (TPSA) is 50.2 Å². The van der Waals surface area contributed by atoms with Crippen molar-refractivity contribution >= 4 is 5.91 Å². The second-order valence-electron chi connectivity index (χ2n) is 6.00. The van der Waals surface area contributed by atoms with Crippen molar-refractivity contribution in [1.82, 2.24) is 20.0 Å². The Morgan fingerprint density at radius 1 is 1.43 bits per heavy atom. The lowest BCUT2D eigenvalue weighted by Crippen LogP contribution is -2.40. The van der Waals surface area contributed by atoms with Crippen molar-refractivity contribution in [2.75, 3.05) is 19.6 Å². The first-order valence-corrected chi connectivity index (χ1v) is 8.02. The van der Waals surface area contributed by atoms with Gasteiger partial charge in [-0.2, -0.15) is 5.10 Å². The van der Waals surface area contributed by atoms with Gasteiger partial charge in [0, 0.05) is 31.7 Å². The molecule has 0 unspecified atom stereocenters. The van der Waals surface area contributed by atoms with E-state index in [1.165, 1.54) is 24.9 Å². The van der Waals surface area contributed by atoms with Gasteiger partial charge in [-0.1, -0.05) is 6.92 Å². The van der Waals surface area contributed by atoms with Crippen molar-refractivity contribution in [3.63, 3.8) is 0 Å². The molecule has 1 aromatic heterocycles. The molecule has 0 spiro atoms. The summed E-state index contributed by atoms with van der Waals surface area (Å²) < 4.78 is 1.89. The van der Waals surface area contributed by atoms with E-state index in [1.54, 1.807) is 0 Å². The zero-order valence-corrected chi connectivity index (χ0v) is 13.8. The Balaban J connectivity index is 1.77. The highest BCUT2D eigenvalue weighted by molar-refractivity contribution is 5.76. The number of aromatic nitrogens is 2. The largest absolute Gasteiger partial charge is 0.355 e. The molecule has 0 saturated carbocycles. The molecule has 1 fully saturated rings. The SMILES string of the molecule is CCN1CCC[C@@H]1CNC(=O)CCc1c(C)nn(C)c1C. The number of carbonyl (C=O) groups excluding carboxylic acids is 1. The van der Waals surface area contributed by atoms with E-state index in [9.17, 15) is 4.79 Å². The van der Waals surface area contributed by atoms with E-state index in [1.807, 2.05) is 18.7 Å². The summed E-state index contributed by atoms with van der Waals surface area (Å²) in [5, 5.41) is 7.49. The van der Waals surface area contributed by atoms with E-state index in [-0.39, 0.29) is 5.91 Å². The summed E-state index contributed by atoms with van der Waals surface area (Å²) >= 11 is 0. The number of hydrogen-bond acceptors (Lipinski definition) is 3. The van der Waals surface area contributed by atoms with E-state index < -0.39 is 0 Å². The monoisotopic (exact) mass is 292 g/mol. The van der Waals surface area contributed by atoms with E-state index in [0.29, 0.717) is 12.5 Å². The Bertz CT molecular complexity index is 495. The molecule has 0 aliphatic carbocycles. The van der Waals surface area contributed by atoms with Gasteiger partial charge in [0.25, 0.3) is 0 Å². The summed E-state index contributed by atoms with van der Waals surface area (Å²) in [7, 11) is 1.95. The Morgan fingerprint density at radius 3 is 2.81 bits per heavy atom. The standard InChI is InChI=1S/C16H28N4O/c1-5-20-10-6-7-14(20)11-17-16(21)9-8-15-12(2)18-19(4)13(15)3/h14H,5-11H2,1-4H3,(H,17,21)/t14-/m1/s1. The third kappa shape index (κ3) is 3.84. The molecule has 21 heavy (non-hydrogen) atoms. The predicted molar refractivity (Wildman–Crippen MR) is 84.3 cm³/mol. The maximum absolute atomic E-state index is 12.0. The maximum atomic E-state index is 12.0. The fraction of sp³-hybridized carbons (Fsp3) is 0.750. The van der Waals surface area contributed by atoms with Crippen LogP contribution in [0, 0.1) is 13.8 Å². The minimum atomic E-state index is 0.153. The fourth-order valence-electron chi connectivity index (χ4n) is 3.28. The second-order valence-corrected chi connectivity index (χ2v) is 6.00. The van der Waals surface area contributed by atoms with E-state index in [4.69, 9.17) is 0 Å². The number of likely N-dealkylation sites (tertiary alicyclic amines) is 1. The maximum Gasteiger partial charge on any atom is 0.220 e. The van der Waals surface area contributed by atoms with Gasteiger partial charge in [-0.05, 0) is 51.8 Å². The number of nitrogens with zero attached hydrogens (tertiary/aromatic N) is 3. The summed E-state index contributed by atoms with van der Waals surface area (Å²) in [5.41, 5.74) is 3.41. The first kappa shape index (κ1) is 16.0. The number of rotatable bonds is 6. The molecule has 1 atom stereocenters. The van der Waals surface area contributed by atoms with Crippen LogP contribution in [-0.2, 0) is 18.3 Å². The van der Waals surface area contributed by atoms with Crippen LogP contribution in [0.3, 0.4) is 0 Å². The van der Waals surface area contributed by atoms with Crippen molar-refractivity contribution in [3.8, 4) is 0 Å². The van der Waals surface area contributed by atoms with Crippen LogP contribution in [0.2, 0.25) is 0 Å².